The van der Waals surface area contributed by atoms with Crippen molar-refractivity contribution >= 4 is 40.6 Å². The van der Waals surface area contributed by atoms with Gasteiger partial charge in [0.1, 0.15) is 0 Å². The number of carbonyl (C=O) groups is 3. The maximum Gasteiger partial charge on any atom is 0.305 e. The number of nitriles is 1. The number of carboxylic acid groups (broad SMARTS) is 1. The normalized spacial score (nSPS) is 13.1. The lowest BCUT2D eigenvalue weighted by molar-refractivity contribution is -0.137. The first-order chi connectivity index (χ1) is 13.9. The molecule has 0 saturated carbocycles. The number of nitrogens with one attached hydrogen (secondary N) is 1. The number of rotatable bonds is 6. The molecule has 0 radical (unpaired) electrons. The first-order valence-corrected chi connectivity index (χ1v) is 9.25. The monoisotopic (exact) mass is 407 g/mol. The summed E-state index contributed by atoms with van der Waals surface area (Å²) in [5.74, 6) is -1.47. The Kier molecular flexibility index (Phi) is 6.00. The van der Waals surface area contributed by atoms with Gasteiger partial charge < -0.3 is 15.3 Å². The van der Waals surface area contributed by atoms with Crippen LogP contribution in [0.15, 0.2) is 42.5 Å². The van der Waals surface area contributed by atoms with Gasteiger partial charge in [-0.25, -0.2) is 0 Å². The molecule has 0 aromatic heterocycles. The summed E-state index contributed by atoms with van der Waals surface area (Å²) in [7, 11) is 0. The molecule has 0 bridgehead atoms. The van der Waals surface area contributed by atoms with Crippen LogP contribution < -0.4 is 5.32 Å². The number of ketones is 1. The molecule has 0 aliphatic carbocycles. The summed E-state index contributed by atoms with van der Waals surface area (Å²) in [4.78, 5) is 38.1. The van der Waals surface area contributed by atoms with Gasteiger partial charge >= 0.3 is 5.97 Å². The number of fused-ring (bicyclic) bond motifs is 1. The Hall–Kier alpha value is -3.57. The van der Waals surface area contributed by atoms with Crippen molar-refractivity contribution < 1.29 is 19.5 Å². The molecular formula is C21H17N3O4S. The first-order valence-electron chi connectivity index (χ1n) is 8.84. The van der Waals surface area contributed by atoms with Crippen LogP contribution in [0, 0.1) is 11.3 Å². The van der Waals surface area contributed by atoms with Crippen molar-refractivity contribution in [2.45, 2.75) is 12.8 Å². The summed E-state index contributed by atoms with van der Waals surface area (Å²) in [5.41, 5.74) is 2.49. The molecule has 2 aromatic carbocycles. The summed E-state index contributed by atoms with van der Waals surface area (Å²) in [6.07, 6.45) is -0.0907. The Morgan fingerprint density at radius 1 is 1.21 bits per heavy atom. The second-order valence-electron chi connectivity index (χ2n) is 6.59. The van der Waals surface area contributed by atoms with Gasteiger partial charge in [0.2, 0.25) is 0 Å². The molecule has 0 saturated heterocycles. The molecule has 1 heterocycles. The fourth-order valence-corrected chi connectivity index (χ4v) is 3.29. The number of carboxylic acids is 1. The molecule has 0 spiro atoms. The molecule has 0 atom stereocenters. The van der Waals surface area contributed by atoms with Gasteiger partial charge in [-0.05, 0) is 29.8 Å². The maximum absolute atomic E-state index is 12.9. The summed E-state index contributed by atoms with van der Waals surface area (Å²) in [6.45, 7) is 0.180. The summed E-state index contributed by atoms with van der Waals surface area (Å²) < 4.78 is 0. The highest BCUT2D eigenvalue weighted by atomic mass is 32.1. The smallest absolute Gasteiger partial charge is 0.305 e. The lowest BCUT2D eigenvalue weighted by atomic mass is 9.99. The molecule has 0 fully saturated rings. The highest BCUT2D eigenvalue weighted by Gasteiger charge is 2.25. The third kappa shape index (κ3) is 4.83. The van der Waals surface area contributed by atoms with E-state index < -0.39 is 5.97 Å². The third-order valence-corrected chi connectivity index (χ3v) is 4.74. The lowest BCUT2D eigenvalue weighted by Crippen LogP contribution is -2.36. The van der Waals surface area contributed by atoms with Crippen LogP contribution >= 0.6 is 12.2 Å². The third-order valence-electron chi connectivity index (χ3n) is 4.51. The Balaban J connectivity index is 1.83. The lowest BCUT2D eigenvalue weighted by Gasteiger charge is -2.19. The van der Waals surface area contributed by atoms with Gasteiger partial charge in [-0.3, -0.25) is 14.4 Å². The van der Waals surface area contributed by atoms with Gasteiger partial charge in [-0.15, -0.1) is 0 Å². The number of benzene rings is 2. The van der Waals surface area contributed by atoms with Crippen molar-refractivity contribution in [1.29, 1.82) is 5.26 Å². The van der Waals surface area contributed by atoms with Crippen LogP contribution in [0.5, 0.6) is 0 Å². The second-order valence-corrected chi connectivity index (χ2v) is 7.08. The molecule has 29 heavy (non-hydrogen) atoms. The molecular weight excluding hydrogens is 390 g/mol. The average Bonchev–Trinajstić information content (AvgIpc) is 2.82. The molecule has 146 valence electrons. The number of aliphatic carboxylic acids is 1. The number of Topliss-reactive ketones (excluding diaryl/α,β-unsaturated/α-hetero) is 1. The van der Waals surface area contributed by atoms with Gasteiger partial charge in [0.25, 0.3) is 5.91 Å². The number of thiocarbonyl (C=S) groups is 1. The molecule has 2 aromatic rings. The summed E-state index contributed by atoms with van der Waals surface area (Å²) in [5, 5.41) is 20.8. The highest BCUT2D eigenvalue weighted by Crippen LogP contribution is 2.24. The van der Waals surface area contributed by atoms with E-state index in [0.29, 0.717) is 32.9 Å². The Bertz CT molecular complexity index is 1040. The second kappa shape index (κ2) is 8.63. The van der Waals surface area contributed by atoms with Gasteiger partial charge in [-0.2, -0.15) is 5.26 Å². The largest absolute Gasteiger partial charge is 0.481 e. The van der Waals surface area contributed by atoms with Gasteiger partial charge in [0, 0.05) is 18.5 Å². The van der Waals surface area contributed by atoms with Crippen molar-refractivity contribution in [2.75, 3.05) is 18.4 Å². The van der Waals surface area contributed by atoms with Crippen LogP contribution in [0.1, 0.15) is 38.3 Å². The molecule has 8 heteroatoms. The number of carbonyl (C=O) groups excluding carboxylic acids is 2. The van der Waals surface area contributed by atoms with E-state index >= 15 is 0 Å². The van der Waals surface area contributed by atoms with E-state index in [1.807, 2.05) is 6.07 Å². The summed E-state index contributed by atoms with van der Waals surface area (Å²) in [6, 6.07) is 13.4. The minimum absolute atomic E-state index is 0.0455. The predicted octanol–water partition coefficient (Wildman–Crippen LogP) is 2.65. The van der Waals surface area contributed by atoms with E-state index in [-0.39, 0.29) is 37.6 Å². The number of nitrogens with zero attached hydrogens (tertiary/aromatic N) is 2. The topological polar surface area (TPSA) is 111 Å². The van der Waals surface area contributed by atoms with E-state index in [2.05, 4.69) is 5.32 Å². The Morgan fingerprint density at radius 2 is 1.93 bits per heavy atom. The van der Waals surface area contributed by atoms with E-state index in [1.165, 1.54) is 4.90 Å². The minimum atomic E-state index is -0.997. The SMILES string of the molecule is N#Cc1ccc(C(=O)Cc2ccc3c(c2)C(=O)N(CCC(=O)O)CC(=S)N3)cc1. The van der Waals surface area contributed by atoms with Gasteiger partial charge in [-0.1, -0.05) is 30.4 Å². The molecule has 0 unspecified atom stereocenters. The highest BCUT2D eigenvalue weighted by molar-refractivity contribution is 7.80. The molecule has 7 nitrogen and oxygen atoms in total. The zero-order chi connectivity index (χ0) is 21.0. The van der Waals surface area contributed by atoms with Crippen molar-refractivity contribution in [1.82, 2.24) is 4.90 Å². The standard InChI is InChI=1S/C21H17N3O4S/c22-11-13-1-4-15(5-2-13)18(25)10-14-3-6-17-16(9-14)21(28)24(8-7-20(26)27)12-19(29)23-17/h1-6,9H,7-8,10,12H2,(H,23,29)(H,26,27). The molecule has 1 aliphatic heterocycles. The van der Waals surface area contributed by atoms with Gasteiger partial charge in [0.05, 0.1) is 40.8 Å². The fourth-order valence-electron chi connectivity index (χ4n) is 3.02. The predicted molar refractivity (Wildman–Crippen MR) is 110 cm³/mol. The Morgan fingerprint density at radius 3 is 2.59 bits per heavy atom. The van der Waals surface area contributed by atoms with Crippen LogP contribution in [-0.2, 0) is 11.2 Å². The van der Waals surface area contributed by atoms with E-state index in [9.17, 15) is 14.4 Å². The van der Waals surface area contributed by atoms with Crippen LogP contribution in [0.25, 0.3) is 0 Å². The van der Waals surface area contributed by atoms with Crippen LogP contribution in [0.3, 0.4) is 0 Å². The summed E-state index contributed by atoms with van der Waals surface area (Å²) >= 11 is 5.24. The molecule has 1 amide bonds. The van der Waals surface area contributed by atoms with E-state index in [4.69, 9.17) is 22.6 Å². The quantitative estimate of drug-likeness (QED) is 0.559. The van der Waals surface area contributed by atoms with Crippen molar-refractivity contribution in [3.63, 3.8) is 0 Å². The van der Waals surface area contributed by atoms with Crippen molar-refractivity contribution in [2.24, 2.45) is 0 Å². The first kappa shape index (κ1) is 20.2. The number of hydrogen-bond donors (Lipinski definition) is 2. The molecule has 2 N–H and O–H groups in total. The number of anilines is 1. The molecule has 3 rings (SSSR count). The number of amides is 1. The number of hydrogen-bond acceptors (Lipinski definition) is 5. The maximum atomic E-state index is 12.9. The molecule has 1 aliphatic rings. The van der Waals surface area contributed by atoms with Crippen molar-refractivity contribution in [3.05, 3.63) is 64.7 Å². The zero-order valence-electron chi connectivity index (χ0n) is 15.3. The minimum Gasteiger partial charge on any atom is -0.481 e. The van der Waals surface area contributed by atoms with Crippen LogP contribution in [0.4, 0.5) is 5.69 Å². The average molecular weight is 407 g/mol. The van der Waals surface area contributed by atoms with Crippen LogP contribution in [-0.4, -0.2) is 45.7 Å². The fraction of sp³-hybridized carbons (Fsp3) is 0.190. The van der Waals surface area contributed by atoms with Gasteiger partial charge in [0.15, 0.2) is 5.78 Å². The van der Waals surface area contributed by atoms with Crippen LogP contribution in [0.2, 0.25) is 0 Å². The Labute approximate surface area is 172 Å². The van der Waals surface area contributed by atoms with E-state index in [1.54, 1.807) is 42.5 Å². The zero-order valence-corrected chi connectivity index (χ0v) is 16.2. The van der Waals surface area contributed by atoms with Crippen molar-refractivity contribution in [3.8, 4) is 6.07 Å². The van der Waals surface area contributed by atoms with E-state index in [0.717, 1.165) is 0 Å².